The van der Waals surface area contributed by atoms with Gasteiger partial charge >= 0.3 is 0 Å². The van der Waals surface area contributed by atoms with Gasteiger partial charge < -0.3 is 5.73 Å². The highest BCUT2D eigenvalue weighted by Crippen LogP contribution is 2.25. The molecule has 0 saturated carbocycles. The minimum absolute atomic E-state index is 0.223. The molecule has 2 nitrogen and oxygen atoms in total. The molecule has 15 heavy (non-hydrogen) atoms. The SMILES string of the molecule is CC1CCCN(CC(N)C(C)(C)C)C1C. The highest BCUT2D eigenvalue weighted by molar-refractivity contribution is 4.85. The van der Waals surface area contributed by atoms with Crippen LogP contribution < -0.4 is 5.73 Å². The average Bonchev–Trinajstić information content (AvgIpc) is 2.11. The molecule has 1 aliphatic heterocycles. The summed E-state index contributed by atoms with van der Waals surface area (Å²) in [5.74, 6) is 0.825. The van der Waals surface area contributed by atoms with E-state index in [-0.39, 0.29) is 11.5 Å². The molecule has 90 valence electrons. The second-order valence-corrected chi connectivity index (χ2v) is 6.33. The van der Waals surface area contributed by atoms with E-state index in [1.54, 1.807) is 0 Å². The first-order valence-electron chi connectivity index (χ1n) is 6.32. The fraction of sp³-hybridized carbons (Fsp3) is 1.00. The third-order valence-corrected chi connectivity index (χ3v) is 4.05. The summed E-state index contributed by atoms with van der Waals surface area (Å²) in [6.45, 7) is 13.7. The van der Waals surface area contributed by atoms with Gasteiger partial charge in [0.1, 0.15) is 0 Å². The van der Waals surface area contributed by atoms with Gasteiger partial charge in [0.2, 0.25) is 0 Å². The van der Waals surface area contributed by atoms with Crippen LogP contribution in [0.4, 0.5) is 0 Å². The maximum Gasteiger partial charge on any atom is 0.0217 e. The van der Waals surface area contributed by atoms with Gasteiger partial charge in [-0.2, -0.15) is 0 Å². The van der Waals surface area contributed by atoms with Crippen LogP contribution in [0.5, 0.6) is 0 Å². The molecular formula is C13H28N2. The molecule has 0 aromatic rings. The summed E-state index contributed by atoms with van der Waals surface area (Å²) in [7, 11) is 0. The maximum absolute atomic E-state index is 6.25. The number of hydrogen-bond acceptors (Lipinski definition) is 2. The molecule has 0 aliphatic carbocycles. The molecule has 0 spiro atoms. The first kappa shape index (κ1) is 13.0. The molecule has 1 aliphatic rings. The van der Waals surface area contributed by atoms with Crippen LogP contribution in [0.1, 0.15) is 47.5 Å². The fourth-order valence-electron chi connectivity index (χ4n) is 2.21. The van der Waals surface area contributed by atoms with E-state index in [0.717, 1.165) is 12.5 Å². The van der Waals surface area contributed by atoms with Gasteiger partial charge in [-0.15, -0.1) is 0 Å². The molecule has 0 amide bonds. The Kier molecular flexibility index (Phi) is 4.19. The third-order valence-electron chi connectivity index (χ3n) is 4.05. The van der Waals surface area contributed by atoms with Crippen molar-refractivity contribution in [1.29, 1.82) is 0 Å². The van der Waals surface area contributed by atoms with Crippen LogP contribution in [0.15, 0.2) is 0 Å². The molecule has 0 bridgehead atoms. The van der Waals surface area contributed by atoms with Crippen molar-refractivity contribution in [3.8, 4) is 0 Å². The van der Waals surface area contributed by atoms with Crippen molar-refractivity contribution in [2.24, 2.45) is 17.1 Å². The molecular weight excluding hydrogens is 184 g/mol. The van der Waals surface area contributed by atoms with Crippen LogP contribution in [0.25, 0.3) is 0 Å². The van der Waals surface area contributed by atoms with Crippen LogP contribution in [0.3, 0.4) is 0 Å². The Hall–Kier alpha value is -0.0800. The molecule has 3 atom stereocenters. The fourth-order valence-corrected chi connectivity index (χ4v) is 2.21. The van der Waals surface area contributed by atoms with Crippen LogP contribution in [0, 0.1) is 11.3 Å². The van der Waals surface area contributed by atoms with E-state index in [2.05, 4.69) is 39.5 Å². The summed E-state index contributed by atoms with van der Waals surface area (Å²) in [5, 5.41) is 0. The van der Waals surface area contributed by atoms with E-state index in [9.17, 15) is 0 Å². The highest BCUT2D eigenvalue weighted by Gasteiger charge is 2.29. The summed E-state index contributed by atoms with van der Waals surface area (Å²) in [4.78, 5) is 2.57. The number of likely N-dealkylation sites (tertiary alicyclic amines) is 1. The van der Waals surface area contributed by atoms with E-state index in [1.165, 1.54) is 19.4 Å². The van der Waals surface area contributed by atoms with Gasteiger partial charge in [-0.25, -0.2) is 0 Å². The monoisotopic (exact) mass is 212 g/mol. The number of nitrogens with zero attached hydrogens (tertiary/aromatic N) is 1. The van der Waals surface area contributed by atoms with Gasteiger partial charge in [-0.05, 0) is 37.6 Å². The number of hydrogen-bond donors (Lipinski definition) is 1. The summed E-state index contributed by atoms with van der Waals surface area (Å²) < 4.78 is 0. The van der Waals surface area contributed by atoms with Gasteiger partial charge in [0, 0.05) is 18.6 Å². The average molecular weight is 212 g/mol. The molecule has 2 heteroatoms. The number of piperidine rings is 1. The lowest BCUT2D eigenvalue weighted by molar-refractivity contribution is 0.0897. The van der Waals surface area contributed by atoms with Crippen molar-refractivity contribution in [3.05, 3.63) is 0 Å². The molecule has 1 heterocycles. The van der Waals surface area contributed by atoms with Gasteiger partial charge in [0.05, 0.1) is 0 Å². The topological polar surface area (TPSA) is 29.3 Å². The standard InChI is InChI=1S/C13H28N2/c1-10-7-6-8-15(11(10)2)9-12(14)13(3,4)5/h10-12H,6-9,14H2,1-5H3. The predicted octanol–water partition coefficient (Wildman–Crippen LogP) is 2.48. The molecule has 0 aromatic heterocycles. The minimum atomic E-state index is 0.223. The summed E-state index contributed by atoms with van der Waals surface area (Å²) in [5.41, 5.74) is 6.47. The van der Waals surface area contributed by atoms with Gasteiger partial charge in [0.15, 0.2) is 0 Å². The molecule has 1 fully saturated rings. The van der Waals surface area contributed by atoms with Gasteiger partial charge in [-0.1, -0.05) is 27.7 Å². The Morgan fingerprint density at radius 1 is 1.33 bits per heavy atom. The molecule has 1 saturated heterocycles. The quantitative estimate of drug-likeness (QED) is 0.762. The van der Waals surface area contributed by atoms with E-state index < -0.39 is 0 Å². The Morgan fingerprint density at radius 2 is 1.93 bits per heavy atom. The molecule has 0 radical (unpaired) electrons. The van der Waals surface area contributed by atoms with Crippen LogP contribution in [-0.2, 0) is 0 Å². The van der Waals surface area contributed by atoms with Crippen molar-refractivity contribution < 1.29 is 0 Å². The second-order valence-electron chi connectivity index (χ2n) is 6.33. The van der Waals surface area contributed by atoms with Crippen LogP contribution in [0.2, 0.25) is 0 Å². The Morgan fingerprint density at radius 3 is 2.47 bits per heavy atom. The van der Waals surface area contributed by atoms with E-state index >= 15 is 0 Å². The largest absolute Gasteiger partial charge is 0.326 e. The number of nitrogens with two attached hydrogens (primary N) is 1. The van der Waals surface area contributed by atoms with E-state index in [4.69, 9.17) is 5.73 Å². The Labute approximate surface area is 95.2 Å². The number of rotatable bonds is 2. The second kappa shape index (κ2) is 4.84. The predicted molar refractivity (Wildman–Crippen MR) is 66.9 cm³/mol. The summed E-state index contributed by atoms with van der Waals surface area (Å²) in [6, 6.07) is 0.984. The van der Waals surface area contributed by atoms with Gasteiger partial charge in [-0.3, -0.25) is 4.90 Å². The summed E-state index contributed by atoms with van der Waals surface area (Å²) >= 11 is 0. The van der Waals surface area contributed by atoms with Crippen molar-refractivity contribution >= 4 is 0 Å². The van der Waals surface area contributed by atoms with E-state index in [1.807, 2.05) is 0 Å². The maximum atomic E-state index is 6.25. The Bertz CT molecular complexity index is 195. The van der Waals surface area contributed by atoms with Crippen LogP contribution in [-0.4, -0.2) is 30.1 Å². The van der Waals surface area contributed by atoms with Crippen molar-refractivity contribution in [2.45, 2.75) is 59.5 Å². The first-order valence-corrected chi connectivity index (χ1v) is 6.32. The normalized spacial score (nSPS) is 31.6. The van der Waals surface area contributed by atoms with E-state index in [0.29, 0.717) is 6.04 Å². The van der Waals surface area contributed by atoms with Gasteiger partial charge in [0.25, 0.3) is 0 Å². The zero-order valence-electron chi connectivity index (χ0n) is 11.1. The molecule has 1 rings (SSSR count). The Balaban J connectivity index is 2.50. The first-order chi connectivity index (χ1) is 6.82. The molecule has 0 aromatic carbocycles. The minimum Gasteiger partial charge on any atom is -0.326 e. The smallest absolute Gasteiger partial charge is 0.0217 e. The third kappa shape index (κ3) is 3.46. The zero-order chi connectivity index (χ0) is 11.6. The van der Waals surface area contributed by atoms with Crippen molar-refractivity contribution in [2.75, 3.05) is 13.1 Å². The highest BCUT2D eigenvalue weighted by atomic mass is 15.2. The lowest BCUT2D eigenvalue weighted by atomic mass is 9.85. The van der Waals surface area contributed by atoms with Crippen molar-refractivity contribution in [1.82, 2.24) is 4.90 Å². The van der Waals surface area contributed by atoms with Crippen LogP contribution >= 0.6 is 0 Å². The zero-order valence-corrected chi connectivity index (χ0v) is 11.1. The molecule has 2 N–H and O–H groups in total. The lowest BCUT2D eigenvalue weighted by Gasteiger charge is -2.41. The summed E-state index contributed by atoms with van der Waals surface area (Å²) in [6.07, 6.45) is 2.71. The lowest BCUT2D eigenvalue weighted by Crippen LogP contribution is -2.51. The molecule has 3 unspecified atom stereocenters. The van der Waals surface area contributed by atoms with Crippen molar-refractivity contribution in [3.63, 3.8) is 0 Å².